The molecule has 2 heterocycles. The van der Waals surface area contributed by atoms with Crippen molar-refractivity contribution in [3.8, 4) is 17.2 Å². The second kappa shape index (κ2) is 10.5. The fourth-order valence-corrected chi connectivity index (χ4v) is 6.65. The smallest absolute Gasteiger partial charge is 0.243 e. The van der Waals surface area contributed by atoms with Crippen LogP contribution in [-0.2, 0) is 24.8 Å². The number of ether oxygens (including phenoxy) is 3. The van der Waals surface area contributed by atoms with Crippen LogP contribution >= 0.6 is 0 Å². The van der Waals surface area contributed by atoms with E-state index < -0.39 is 26.0 Å². The van der Waals surface area contributed by atoms with Gasteiger partial charge in [0.25, 0.3) is 0 Å². The van der Waals surface area contributed by atoms with E-state index in [0.717, 1.165) is 19.1 Å². The lowest BCUT2D eigenvalue weighted by Gasteiger charge is -2.22. The largest absolute Gasteiger partial charge is 0.495 e. The summed E-state index contributed by atoms with van der Waals surface area (Å²) in [5.41, 5.74) is 0.641. The first kappa shape index (κ1) is 26.0. The quantitative estimate of drug-likeness (QED) is 0.487. The molecule has 4 rings (SSSR count). The van der Waals surface area contributed by atoms with Gasteiger partial charge in [0.15, 0.2) is 11.5 Å². The number of carbonyl (C=O) groups is 1. The highest BCUT2D eigenvalue weighted by atomic mass is 32.2. The lowest BCUT2D eigenvalue weighted by atomic mass is 10.2. The van der Waals surface area contributed by atoms with Gasteiger partial charge in [-0.1, -0.05) is 0 Å². The van der Waals surface area contributed by atoms with Gasteiger partial charge in [-0.05, 0) is 49.6 Å². The number of fused-ring (bicyclic) bond motifs is 1. The van der Waals surface area contributed by atoms with Crippen LogP contribution in [0.15, 0.2) is 41.3 Å². The Morgan fingerprint density at radius 3 is 2.47 bits per heavy atom. The van der Waals surface area contributed by atoms with Gasteiger partial charge in [-0.15, -0.1) is 0 Å². The maximum Gasteiger partial charge on any atom is 0.243 e. The number of nitrogens with zero attached hydrogens (tertiary/aromatic N) is 2. The molecule has 0 radical (unpaired) electrons. The predicted molar refractivity (Wildman–Crippen MR) is 134 cm³/mol. The highest BCUT2D eigenvalue weighted by molar-refractivity contribution is 7.92. The Balaban J connectivity index is 1.43. The van der Waals surface area contributed by atoms with Crippen molar-refractivity contribution >= 4 is 37.3 Å². The van der Waals surface area contributed by atoms with E-state index >= 15 is 0 Å². The SMILES string of the molecule is COc1ccc(S(=O)(=O)N2CCCC2)cc1NC(=O)CCCN(c1ccc2c(c1)OCO2)S(C)(=O)=O. The Labute approximate surface area is 211 Å². The molecule has 13 heteroatoms. The molecule has 1 saturated heterocycles. The van der Waals surface area contributed by atoms with E-state index in [1.807, 2.05) is 0 Å². The van der Waals surface area contributed by atoms with E-state index in [4.69, 9.17) is 14.2 Å². The Morgan fingerprint density at radius 2 is 1.78 bits per heavy atom. The number of amides is 1. The summed E-state index contributed by atoms with van der Waals surface area (Å²) in [6.45, 7) is 1.07. The van der Waals surface area contributed by atoms with Crippen LogP contribution in [0.4, 0.5) is 11.4 Å². The molecule has 0 atom stereocenters. The molecule has 0 aromatic heterocycles. The standard InChI is InChI=1S/C23H29N3O8S2/c1-32-20-10-8-18(36(30,31)25-11-3-4-12-25)15-19(20)24-23(27)6-5-13-26(35(2,28)29)17-7-9-21-22(14-17)34-16-33-21/h7-10,14-15H,3-6,11-13,16H2,1-2H3,(H,24,27). The van der Waals surface area contributed by atoms with Crippen molar-refractivity contribution in [2.24, 2.45) is 0 Å². The fraction of sp³-hybridized carbons (Fsp3) is 0.435. The summed E-state index contributed by atoms with van der Waals surface area (Å²) < 4.78 is 69.1. The number of anilines is 2. The van der Waals surface area contributed by atoms with Crippen LogP contribution < -0.4 is 23.8 Å². The van der Waals surface area contributed by atoms with Crippen LogP contribution in [0.3, 0.4) is 0 Å². The number of hydrogen-bond donors (Lipinski definition) is 1. The third-order valence-corrected chi connectivity index (χ3v) is 9.05. The second-order valence-electron chi connectivity index (χ2n) is 8.50. The molecule has 0 bridgehead atoms. The number of nitrogens with one attached hydrogen (secondary N) is 1. The van der Waals surface area contributed by atoms with Gasteiger partial charge in [0.2, 0.25) is 32.7 Å². The van der Waals surface area contributed by atoms with Gasteiger partial charge >= 0.3 is 0 Å². The van der Waals surface area contributed by atoms with Crippen molar-refractivity contribution in [1.82, 2.24) is 4.31 Å². The minimum Gasteiger partial charge on any atom is -0.495 e. The molecule has 2 aromatic rings. The van der Waals surface area contributed by atoms with E-state index in [1.165, 1.54) is 33.9 Å². The lowest BCUT2D eigenvalue weighted by Crippen LogP contribution is -2.31. The van der Waals surface area contributed by atoms with E-state index in [-0.39, 0.29) is 36.8 Å². The molecule has 11 nitrogen and oxygen atoms in total. The minimum atomic E-state index is -3.67. The Morgan fingerprint density at radius 1 is 1.06 bits per heavy atom. The van der Waals surface area contributed by atoms with Crippen LogP contribution in [0.2, 0.25) is 0 Å². The summed E-state index contributed by atoms with van der Waals surface area (Å²) in [7, 11) is -5.86. The van der Waals surface area contributed by atoms with Crippen LogP contribution in [0.25, 0.3) is 0 Å². The summed E-state index contributed by atoms with van der Waals surface area (Å²) >= 11 is 0. The fourth-order valence-electron chi connectivity index (χ4n) is 4.15. The number of hydrogen-bond acceptors (Lipinski definition) is 8. The van der Waals surface area contributed by atoms with Crippen LogP contribution in [0.1, 0.15) is 25.7 Å². The van der Waals surface area contributed by atoms with Crippen LogP contribution in [0.5, 0.6) is 17.2 Å². The van der Waals surface area contributed by atoms with Gasteiger partial charge < -0.3 is 19.5 Å². The number of carbonyl (C=O) groups excluding carboxylic acids is 1. The average molecular weight is 540 g/mol. The molecular weight excluding hydrogens is 510 g/mol. The van der Waals surface area contributed by atoms with Gasteiger partial charge in [-0.2, -0.15) is 4.31 Å². The molecule has 0 aliphatic carbocycles. The van der Waals surface area contributed by atoms with Gasteiger partial charge in [-0.3, -0.25) is 9.10 Å². The van der Waals surface area contributed by atoms with Crippen LogP contribution in [-0.4, -0.2) is 66.8 Å². The number of rotatable bonds is 10. The summed E-state index contributed by atoms with van der Waals surface area (Å²) in [5, 5.41) is 2.70. The van der Waals surface area contributed by atoms with E-state index in [2.05, 4.69) is 5.32 Å². The molecule has 2 aromatic carbocycles. The first-order chi connectivity index (χ1) is 17.1. The maximum absolute atomic E-state index is 12.9. The zero-order valence-electron chi connectivity index (χ0n) is 20.1. The zero-order valence-corrected chi connectivity index (χ0v) is 21.7. The van der Waals surface area contributed by atoms with Gasteiger partial charge in [-0.25, -0.2) is 16.8 Å². The highest BCUT2D eigenvalue weighted by Crippen LogP contribution is 2.36. The minimum absolute atomic E-state index is 0.00281. The Kier molecular flexibility index (Phi) is 7.62. The van der Waals surface area contributed by atoms with Crippen molar-refractivity contribution < 1.29 is 35.8 Å². The molecule has 2 aliphatic rings. The second-order valence-corrected chi connectivity index (χ2v) is 12.3. The highest BCUT2D eigenvalue weighted by Gasteiger charge is 2.28. The third kappa shape index (κ3) is 5.68. The van der Waals surface area contributed by atoms with Crippen molar-refractivity contribution in [1.29, 1.82) is 0 Å². The first-order valence-electron chi connectivity index (χ1n) is 11.4. The van der Waals surface area contributed by atoms with Crippen molar-refractivity contribution in [2.45, 2.75) is 30.6 Å². The summed E-state index contributed by atoms with van der Waals surface area (Å²) in [6.07, 6.45) is 2.95. The molecule has 0 spiro atoms. The molecular formula is C23H29N3O8S2. The molecule has 0 unspecified atom stereocenters. The van der Waals surface area contributed by atoms with Gasteiger partial charge in [0.05, 0.1) is 29.6 Å². The monoisotopic (exact) mass is 539 g/mol. The van der Waals surface area contributed by atoms with Gasteiger partial charge in [0, 0.05) is 32.1 Å². The lowest BCUT2D eigenvalue weighted by molar-refractivity contribution is -0.116. The summed E-state index contributed by atoms with van der Waals surface area (Å²) in [6, 6.07) is 9.19. The van der Waals surface area contributed by atoms with E-state index in [0.29, 0.717) is 36.0 Å². The van der Waals surface area contributed by atoms with E-state index in [9.17, 15) is 21.6 Å². The topological polar surface area (TPSA) is 132 Å². The molecule has 36 heavy (non-hydrogen) atoms. The summed E-state index contributed by atoms with van der Waals surface area (Å²) in [4.78, 5) is 12.8. The third-order valence-electron chi connectivity index (χ3n) is 5.96. The van der Waals surface area contributed by atoms with Crippen LogP contribution in [0, 0.1) is 0 Å². The number of methoxy groups -OCH3 is 1. The number of benzene rings is 2. The normalized spacial score (nSPS) is 15.6. The van der Waals surface area contributed by atoms with Crippen molar-refractivity contribution in [3.05, 3.63) is 36.4 Å². The summed E-state index contributed by atoms with van der Waals surface area (Å²) in [5.74, 6) is 0.911. The molecule has 1 N–H and O–H groups in total. The average Bonchev–Trinajstić information content (AvgIpc) is 3.53. The maximum atomic E-state index is 12.9. The molecule has 1 fully saturated rings. The number of sulfonamides is 2. The zero-order chi connectivity index (χ0) is 25.9. The Hall–Kier alpha value is -3.03. The Bertz CT molecular complexity index is 1340. The predicted octanol–water partition coefficient (Wildman–Crippen LogP) is 2.39. The van der Waals surface area contributed by atoms with Crippen molar-refractivity contribution in [2.75, 3.05) is 49.4 Å². The molecule has 196 valence electrons. The molecule has 1 amide bonds. The molecule has 2 aliphatic heterocycles. The first-order valence-corrected chi connectivity index (χ1v) is 14.7. The van der Waals surface area contributed by atoms with Gasteiger partial charge in [0.1, 0.15) is 5.75 Å². The van der Waals surface area contributed by atoms with Crippen molar-refractivity contribution in [3.63, 3.8) is 0 Å². The molecule has 0 saturated carbocycles. The van der Waals surface area contributed by atoms with E-state index in [1.54, 1.807) is 18.2 Å².